The summed E-state index contributed by atoms with van der Waals surface area (Å²) in [5.74, 6) is 2.49. The molecule has 0 atom stereocenters. The van der Waals surface area contributed by atoms with Gasteiger partial charge in [-0.3, -0.25) is 0 Å². The number of amidine groups is 1. The predicted octanol–water partition coefficient (Wildman–Crippen LogP) is 1.73. The first-order valence-corrected chi connectivity index (χ1v) is 14.4. The standard InChI is InChI=1S/C21H26N7O4S3/c1-3-25-35(29,30)8-4-5-28-19-17(18(22)23-11-24-19)26-21(28)34-16-10-15-14(31-12-32-15)9-13(16)20-27(2)6-7-33-20/h6-7,9-10,24-25H,3-5,8,11-12H2,1-2H3,(H2,22,23)/q+1. The smallest absolute Gasteiger partial charge is 0.270 e. The zero-order chi connectivity index (χ0) is 24.6. The molecule has 0 amide bonds. The summed E-state index contributed by atoms with van der Waals surface area (Å²) in [6.45, 7) is 3.10. The van der Waals surface area contributed by atoms with Crippen LogP contribution < -0.4 is 29.8 Å². The first-order chi connectivity index (χ1) is 16.9. The third-order valence-electron chi connectivity index (χ3n) is 5.52. The minimum atomic E-state index is -3.33. The molecule has 0 saturated carbocycles. The van der Waals surface area contributed by atoms with Crippen LogP contribution in [0.15, 0.2) is 38.8 Å². The Kier molecular flexibility index (Phi) is 6.61. The number of aromatic nitrogens is 3. The summed E-state index contributed by atoms with van der Waals surface area (Å²) in [6, 6.07) is 3.95. The highest BCUT2D eigenvalue weighted by Crippen LogP contribution is 2.45. The van der Waals surface area contributed by atoms with Crippen molar-refractivity contribution in [3.8, 4) is 22.1 Å². The summed E-state index contributed by atoms with van der Waals surface area (Å²) >= 11 is 3.10. The van der Waals surface area contributed by atoms with Gasteiger partial charge in [-0.2, -0.15) is 4.57 Å². The molecular weight excluding hydrogens is 510 g/mol. The number of rotatable bonds is 9. The number of aliphatic imine (C=N–C) groups is 1. The highest BCUT2D eigenvalue weighted by atomic mass is 32.2. The van der Waals surface area contributed by atoms with E-state index in [1.165, 1.54) is 11.8 Å². The van der Waals surface area contributed by atoms with Gasteiger partial charge in [-0.15, -0.1) is 0 Å². The second kappa shape index (κ2) is 9.68. The van der Waals surface area contributed by atoms with E-state index in [0.29, 0.717) is 54.4 Å². The maximum Gasteiger partial charge on any atom is 0.270 e. The first kappa shape index (κ1) is 23.9. The van der Waals surface area contributed by atoms with Crippen LogP contribution in [0.2, 0.25) is 0 Å². The number of imidazole rings is 1. The summed E-state index contributed by atoms with van der Waals surface area (Å²) in [7, 11) is -1.33. The van der Waals surface area contributed by atoms with Crippen LogP contribution in [0, 0.1) is 0 Å². The Hall–Kier alpha value is -2.81. The average molecular weight is 537 g/mol. The molecule has 0 saturated heterocycles. The molecule has 4 N–H and O–H groups in total. The summed E-state index contributed by atoms with van der Waals surface area (Å²) in [5.41, 5.74) is 7.70. The van der Waals surface area contributed by atoms with E-state index in [1.807, 2.05) is 35.3 Å². The Labute approximate surface area is 211 Å². The van der Waals surface area contributed by atoms with Crippen LogP contribution in [0.1, 0.15) is 19.0 Å². The highest BCUT2D eigenvalue weighted by molar-refractivity contribution is 7.99. The molecule has 0 bridgehead atoms. The maximum atomic E-state index is 12.2. The number of nitrogens with zero attached hydrogens (tertiary/aromatic N) is 4. The SMILES string of the molecule is CCNS(=O)(=O)CCCn1c(Sc2cc3c(cc2-c2scc[n+]2C)OCO3)nc2c1NCN=C2N. The Bertz CT molecular complexity index is 1400. The molecule has 1 aromatic carbocycles. The Balaban J connectivity index is 1.52. The number of nitrogens with one attached hydrogen (secondary N) is 2. The number of aryl methyl sites for hydroxylation is 1. The molecule has 186 valence electrons. The molecule has 0 fully saturated rings. The number of nitrogens with two attached hydrogens (primary N) is 1. The van der Waals surface area contributed by atoms with Crippen LogP contribution in [0.3, 0.4) is 0 Å². The van der Waals surface area contributed by atoms with Gasteiger partial charge in [-0.25, -0.2) is 23.1 Å². The van der Waals surface area contributed by atoms with Crippen molar-refractivity contribution in [3.05, 3.63) is 29.4 Å². The van der Waals surface area contributed by atoms with Crippen molar-refractivity contribution in [1.82, 2.24) is 14.3 Å². The number of thiazole rings is 1. The molecule has 0 unspecified atom stereocenters. The Morgan fingerprint density at radius 1 is 1.34 bits per heavy atom. The average Bonchev–Trinajstić information content (AvgIpc) is 3.53. The van der Waals surface area contributed by atoms with Crippen molar-refractivity contribution < 1.29 is 22.5 Å². The van der Waals surface area contributed by atoms with E-state index < -0.39 is 10.0 Å². The van der Waals surface area contributed by atoms with E-state index in [4.69, 9.17) is 20.2 Å². The lowest BCUT2D eigenvalue weighted by molar-refractivity contribution is -0.656. The van der Waals surface area contributed by atoms with Crippen LogP contribution in [0.4, 0.5) is 5.82 Å². The van der Waals surface area contributed by atoms with Crippen molar-refractivity contribution >= 4 is 44.8 Å². The van der Waals surface area contributed by atoms with Gasteiger partial charge in [0.15, 0.2) is 22.9 Å². The fraction of sp³-hybridized carbons (Fsp3) is 0.381. The number of hydrogen-bond acceptors (Lipinski definition) is 10. The molecule has 35 heavy (non-hydrogen) atoms. The molecular formula is C21H26N7O4S3+. The van der Waals surface area contributed by atoms with Gasteiger partial charge in [0.25, 0.3) is 5.01 Å². The van der Waals surface area contributed by atoms with Crippen LogP contribution in [-0.4, -0.2) is 49.6 Å². The van der Waals surface area contributed by atoms with E-state index in [0.717, 1.165) is 21.3 Å². The van der Waals surface area contributed by atoms with E-state index in [2.05, 4.69) is 19.6 Å². The minimum absolute atomic E-state index is 0.0157. The van der Waals surface area contributed by atoms with E-state index in [9.17, 15) is 8.42 Å². The fourth-order valence-electron chi connectivity index (χ4n) is 3.92. The molecule has 2 aliphatic rings. The van der Waals surface area contributed by atoms with Crippen molar-refractivity contribution in [3.63, 3.8) is 0 Å². The number of anilines is 1. The van der Waals surface area contributed by atoms with E-state index in [-0.39, 0.29) is 12.5 Å². The molecule has 14 heteroatoms. The van der Waals surface area contributed by atoms with Crippen molar-refractivity contribution in [1.29, 1.82) is 0 Å². The Morgan fingerprint density at radius 3 is 2.89 bits per heavy atom. The number of sulfonamides is 1. The van der Waals surface area contributed by atoms with Gasteiger partial charge in [-0.1, -0.05) is 30.0 Å². The van der Waals surface area contributed by atoms with Crippen LogP contribution in [-0.2, 0) is 23.6 Å². The molecule has 2 aliphatic heterocycles. The lowest BCUT2D eigenvalue weighted by Crippen LogP contribution is -2.27. The molecule has 0 spiro atoms. The van der Waals surface area contributed by atoms with Crippen LogP contribution >= 0.6 is 23.1 Å². The molecule has 5 rings (SSSR count). The van der Waals surface area contributed by atoms with Gasteiger partial charge in [0, 0.05) is 24.1 Å². The topological polar surface area (TPSA) is 137 Å². The largest absolute Gasteiger partial charge is 0.454 e. The summed E-state index contributed by atoms with van der Waals surface area (Å²) < 4.78 is 42.2. The number of hydrogen-bond donors (Lipinski definition) is 3. The van der Waals surface area contributed by atoms with Crippen LogP contribution in [0.25, 0.3) is 10.6 Å². The number of ether oxygens (including phenoxy) is 2. The summed E-state index contributed by atoms with van der Waals surface area (Å²) in [5, 5.41) is 7.01. The number of benzene rings is 1. The van der Waals surface area contributed by atoms with Gasteiger partial charge >= 0.3 is 0 Å². The third kappa shape index (κ3) is 4.83. The maximum absolute atomic E-state index is 12.2. The van der Waals surface area contributed by atoms with Crippen LogP contribution in [0.5, 0.6) is 11.5 Å². The molecule has 3 aromatic rings. The lowest BCUT2D eigenvalue weighted by Gasteiger charge is -2.16. The number of fused-ring (bicyclic) bond motifs is 2. The summed E-state index contributed by atoms with van der Waals surface area (Å²) in [6.07, 6.45) is 2.42. The quantitative estimate of drug-likeness (QED) is 0.352. The zero-order valence-corrected chi connectivity index (χ0v) is 21.7. The van der Waals surface area contributed by atoms with Crippen molar-refractivity contribution in [2.45, 2.75) is 29.9 Å². The molecule has 2 aromatic heterocycles. The second-order valence-corrected chi connectivity index (χ2v) is 11.7. The van der Waals surface area contributed by atoms with Gasteiger partial charge < -0.3 is 25.1 Å². The summed E-state index contributed by atoms with van der Waals surface area (Å²) in [4.78, 5) is 9.97. The molecule has 4 heterocycles. The van der Waals surface area contributed by atoms with E-state index in [1.54, 1.807) is 18.3 Å². The first-order valence-electron chi connectivity index (χ1n) is 11.0. The molecule has 11 nitrogen and oxygen atoms in total. The van der Waals surface area contributed by atoms with Gasteiger partial charge in [0.2, 0.25) is 16.8 Å². The van der Waals surface area contributed by atoms with Gasteiger partial charge in [0.1, 0.15) is 31.1 Å². The lowest BCUT2D eigenvalue weighted by atomic mass is 10.2. The van der Waals surface area contributed by atoms with Gasteiger partial charge in [-0.05, 0) is 12.5 Å². The van der Waals surface area contributed by atoms with Gasteiger partial charge in [0.05, 0.1) is 16.7 Å². The second-order valence-electron chi connectivity index (χ2n) is 7.91. The Morgan fingerprint density at radius 2 is 2.14 bits per heavy atom. The fourth-order valence-corrected chi connectivity index (χ4v) is 7.03. The normalized spacial score (nSPS) is 14.5. The van der Waals surface area contributed by atoms with E-state index >= 15 is 0 Å². The monoisotopic (exact) mass is 536 g/mol. The predicted molar refractivity (Wildman–Crippen MR) is 135 cm³/mol. The van der Waals surface area contributed by atoms with Crippen molar-refractivity contribution in [2.24, 2.45) is 17.8 Å². The highest BCUT2D eigenvalue weighted by Gasteiger charge is 2.27. The zero-order valence-electron chi connectivity index (χ0n) is 19.3. The molecule has 0 radical (unpaired) electrons. The minimum Gasteiger partial charge on any atom is -0.454 e. The molecule has 0 aliphatic carbocycles. The third-order valence-corrected chi connectivity index (χ3v) is 9.12. The van der Waals surface area contributed by atoms with Crippen molar-refractivity contribution in [2.75, 3.05) is 31.1 Å².